The largest absolute Gasteiger partial charge is 0.379 e. The monoisotopic (exact) mass is 471 g/mol. The molecule has 2 aromatic heterocycles. The Balaban J connectivity index is 1.44. The van der Waals surface area contributed by atoms with Crippen LogP contribution in [-0.4, -0.2) is 70.1 Å². The van der Waals surface area contributed by atoms with Gasteiger partial charge in [-0.1, -0.05) is 35.9 Å². The lowest BCUT2D eigenvalue weighted by Crippen LogP contribution is -2.49. The Kier molecular flexibility index (Phi) is 7.16. The van der Waals surface area contributed by atoms with Crippen molar-refractivity contribution < 1.29 is 9.53 Å². The van der Waals surface area contributed by atoms with Crippen LogP contribution in [0.15, 0.2) is 55.0 Å². The molecular formula is C28H33N5O2. The van der Waals surface area contributed by atoms with Crippen molar-refractivity contribution in [1.82, 2.24) is 24.8 Å². The Morgan fingerprint density at radius 1 is 1.09 bits per heavy atom. The first kappa shape index (κ1) is 23.6. The third-order valence-electron chi connectivity index (χ3n) is 7.03. The third kappa shape index (κ3) is 5.26. The van der Waals surface area contributed by atoms with Gasteiger partial charge in [0, 0.05) is 56.3 Å². The molecule has 1 aromatic carbocycles. The van der Waals surface area contributed by atoms with Crippen molar-refractivity contribution in [2.75, 3.05) is 39.4 Å². The van der Waals surface area contributed by atoms with Crippen molar-refractivity contribution in [3.8, 4) is 11.1 Å². The highest BCUT2D eigenvalue weighted by molar-refractivity contribution is 5.83. The number of aromatic nitrogens is 3. The molecule has 2 fully saturated rings. The molecule has 182 valence electrons. The maximum absolute atomic E-state index is 14.0. The predicted molar refractivity (Wildman–Crippen MR) is 135 cm³/mol. The first-order valence-electron chi connectivity index (χ1n) is 12.5. The highest BCUT2D eigenvalue weighted by Gasteiger charge is 2.35. The van der Waals surface area contributed by atoms with E-state index in [0.717, 1.165) is 60.7 Å². The molecule has 3 aromatic rings. The standard InChI is InChI=1S/C28H33N5O2/c1-20-6-3-7-22(16-20)25-18-30-21(2)31-26(25)24-9-5-11-33(19-24)28(34)27(23-8-4-10-29-17-23)32-12-14-35-15-13-32/h3-4,6-8,10,16-18,24,27H,5,9,11-15,19H2,1-2H3/t24-,27+/m1/s1. The van der Waals surface area contributed by atoms with E-state index in [-0.39, 0.29) is 17.9 Å². The fraction of sp³-hybridized carbons (Fsp3) is 0.429. The molecule has 2 aliphatic heterocycles. The van der Waals surface area contributed by atoms with Gasteiger partial charge in [-0.3, -0.25) is 14.7 Å². The lowest BCUT2D eigenvalue weighted by Gasteiger charge is -2.39. The number of benzene rings is 1. The highest BCUT2D eigenvalue weighted by atomic mass is 16.5. The average Bonchev–Trinajstić information content (AvgIpc) is 2.90. The van der Waals surface area contributed by atoms with Gasteiger partial charge in [-0.2, -0.15) is 0 Å². The molecule has 2 aliphatic rings. The van der Waals surface area contributed by atoms with Gasteiger partial charge in [0.05, 0.1) is 18.9 Å². The molecule has 0 radical (unpaired) electrons. The van der Waals surface area contributed by atoms with E-state index in [9.17, 15) is 4.79 Å². The Bertz CT molecular complexity index is 1160. The first-order valence-corrected chi connectivity index (χ1v) is 12.5. The predicted octanol–water partition coefficient (Wildman–Crippen LogP) is 3.93. The molecule has 4 heterocycles. The molecule has 1 amide bonds. The van der Waals surface area contributed by atoms with Crippen LogP contribution in [0.4, 0.5) is 0 Å². The number of carbonyl (C=O) groups is 1. The van der Waals surface area contributed by atoms with Gasteiger partial charge < -0.3 is 9.64 Å². The third-order valence-corrected chi connectivity index (χ3v) is 7.03. The number of hydrogen-bond acceptors (Lipinski definition) is 6. The number of pyridine rings is 1. The second kappa shape index (κ2) is 10.6. The van der Waals surface area contributed by atoms with Gasteiger partial charge in [0.1, 0.15) is 11.9 Å². The minimum atomic E-state index is -0.338. The SMILES string of the molecule is Cc1cccc(-c2cnc(C)nc2[C@@H]2CCCN(C(=O)[C@H](c3cccnc3)N3CCOCC3)C2)c1. The number of carbonyl (C=O) groups excluding carboxylic acids is 1. The van der Waals surface area contributed by atoms with Gasteiger partial charge in [-0.25, -0.2) is 9.97 Å². The van der Waals surface area contributed by atoms with Gasteiger partial charge in [-0.05, 0) is 43.9 Å². The number of likely N-dealkylation sites (tertiary alicyclic amines) is 1. The van der Waals surface area contributed by atoms with Gasteiger partial charge in [-0.15, -0.1) is 0 Å². The van der Waals surface area contributed by atoms with E-state index < -0.39 is 0 Å². The number of hydrogen-bond donors (Lipinski definition) is 0. The second-order valence-corrected chi connectivity index (χ2v) is 9.55. The molecule has 7 nitrogen and oxygen atoms in total. The molecule has 35 heavy (non-hydrogen) atoms. The summed E-state index contributed by atoms with van der Waals surface area (Å²) >= 11 is 0. The van der Waals surface area contributed by atoms with Crippen molar-refractivity contribution in [2.24, 2.45) is 0 Å². The quantitative estimate of drug-likeness (QED) is 0.561. The van der Waals surface area contributed by atoms with Gasteiger partial charge in [0.25, 0.3) is 0 Å². The van der Waals surface area contributed by atoms with E-state index in [1.165, 1.54) is 5.56 Å². The topological polar surface area (TPSA) is 71.5 Å². The number of piperidine rings is 1. The minimum absolute atomic E-state index is 0.146. The van der Waals surface area contributed by atoms with Crippen molar-refractivity contribution in [1.29, 1.82) is 0 Å². The first-order chi connectivity index (χ1) is 17.1. The van der Waals surface area contributed by atoms with Crippen molar-refractivity contribution >= 4 is 5.91 Å². The van der Waals surface area contributed by atoms with Crippen LogP contribution in [0.5, 0.6) is 0 Å². The summed E-state index contributed by atoms with van der Waals surface area (Å²) in [7, 11) is 0. The molecule has 0 aliphatic carbocycles. The fourth-order valence-corrected chi connectivity index (χ4v) is 5.29. The molecule has 0 bridgehead atoms. The highest BCUT2D eigenvalue weighted by Crippen LogP contribution is 2.35. The van der Waals surface area contributed by atoms with E-state index in [1.807, 2.05) is 36.4 Å². The van der Waals surface area contributed by atoms with Crippen LogP contribution in [-0.2, 0) is 9.53 Å². The molecule has 2 atom stereocenters. The van der Waals surface area contributed by atoms with Gasteiger partial charge >= 0.3 is 0 Å². The van der Waals surface area contributed by atoms with E-state index in [2.05, 4.69) is 46.1 Å². The van der Waals surface area contributed by atoms with Gasteiger partial charge in [0.15, 0.2) is 0 Å². The van der Waals surface area contributed by atoms with E-state index in [0.29, 0.717) is 19.8 Å². The lowest BCUT2D eigenvalue weighted by atomic mass is 9.89. The Labute approximate surface area is 207 Å². The molecule has 0 saturated carbocycles. The van der Waals surface area contributed by atoms with Gasteiger partial charge in [0.2, 0.25) is 5.91 Å². The molecule has 0 spiro atoms. The summed E-state index contributed by atoms with van der Waals surface area (Å²) in [6.07, 6.45) is 7.48. The van der Waals surface area contributed by atoms with Crippen LogP contribution in [0, 0.1) is 13.8 Å². The molecule has 7 heteroatoms. The summed E-state index contributed by atoms with van der Waals surface area (Å²) in [5.74, 6) is 1.08. The molecule has 5 rings (SSSR count). The summed E-state index contributed by atoms with van der Waals surface area (Å²) < 4.78 is 5.56. The number of aryl methyl sites for hydroxylation is 2. The Morgan fingerprint density at radius 3 is 2.71 bits per heavy atom. The van der Waals surface area contributed by atoms with Crippen molar-refractivity contribution in [3.63, 3.8) is 0 Å². The smallest absolute Gasteiger partial charge is 0.244 e. The van der Waals surface area contributed by atoms with Crippen LogP contribution in [0.25, 0.3) is 11.1 Å². The number of amides is 1. The maximum Gasteiger partial charge on any atom is 0.244 e. The minimum Gasteiger partial charge on any atom is -0.379 e. The number of morpholine rings is 1. The van der Waals surface area contributed by atoms with Crippen LogP contribution in [0.3, 0.4) is 0 Å². The maximum atomic E-state index is 14.0. The fourth-order valence-electron chi connectivity index (χ4n) is 5.29. The van der Waals surface area contributed by atoms with E-state index in [4.69, 9.17) is 9.72 Å². The normalized spacial score (nSPS) is 19.9. The zero-order chi connectivity index (χ0) is 24.2. The van der Waals surface area contributed by atoms with Crippen molar-refractivity contribution in [3.05, 3.63) is 77.6 Å². The summed E-state index contributed by atoms with van der Waals surface area (Å²) in [4.78, 5) is 32.0. The molecular weight excluding hydrogens is 438 g/mol. The second-order valence-electron chi connectivity index (χ2n) is 9.55. The van der Waals surface area contributed by atoms with E-state index >= 15 is 0 Å². The zero-order valence-electron chi connectivity index (χ0n) is 20.6. The van der Waals surface area contributed by atoms with Crippen molar-refractivity contribution in [2.45, 2.75) is 38.6 Å². The number of nitrogens with zero attached hydrogens (tertiary/aromatic N) is 5. The van der Waals surface area contributed by atoms with Crippen LogP contribution in [0.1, 0.15) is 47.4 Å². The lowest BCUT2D eigenvalue weighted by molar-refractivity contribution is -0.140. The van der Waals surface area contributed by atoms with Crippen LogP contribution in [0.2, 0.25) is 0 Å². The summed E-state index contributed by atoms with van der Waals surface area (Å²) in [6, 6.07) is 12.1. The van der Waals surface area contributed by atoms with Crippen LogP contribution < -0.4 is 0 Å². The van der Waals surface area contributed by atoms with E-state index in [1.54, 1.807) is 6.20 Å². The summed E-state index contributed by atoms with van der Waals surface area (Å²) in [6.45, 7) is 8.24. The van der Waals surface area contributed by atoms with Crippen LogP contribution >= 0.6 is 0 Å². The molecule has 0 N–H and O–H groups in total. The number of rotatable bonds is 5. The Morgan fingerprint density at radius 2 is 1.94 bits per heavy atom. The molecule has 0 unspecified atom stereocenters. The number of ether oxygens (including phenoxy) is 1. The summed E-state index contributed by atoms with van der Waals surface area (Å²) in [5.41, 5.74) is 5.39. The Hall–Kier alpha value is -3.16. The average molecular weight is 472 g/mol. The molecule has 2 saturated heterocycles. The zero-order valence-corrected chi connectivity index (χ0v) is 20.6. The summed E-state index contributed by atoms with van der Waals surface area (Å²) in [5, 5.41) is 0.